The quantitative estimate of drug-likeness (QED) is 0.493. The summed E-state index contributed by atoms with van der Waals surface area (Å²) < 4.78 is 5.28. The lowest BCUT2D eigenvalue weighted by Gasteiger charge is -2.43. The fraction of sp³-hybridized carbons (Fsp3) is 0.483. The van der Waals surface area contributed by atoms with E-state index in [0.29, 0.717) is 5.56 Å². The van der Waals surface area contributed by atoms with Crippen LogP contribution in [0.4, 0.5) is 4.79 Å². The Morgan fingerprint density at radius 3 is 2.08 bits per heavy atom. The van der Waals surface area contributed by atoms with Crippen molar-refractivity contribution in [2.24, 2.45) is 0 Å². The Bertz CT molecular complexity index is 1090. The van der Waals surface area contributed by atoms with Crippen LogP contribution in [0.5, 0.6) is 0 Å². The van der Waals surface area contributed by atoms with E-state index >= 15 is 0 Å². The molecule has 0 aliphatic carbocycles. The molecule has 8 nitrogen and oxygen atoms in total. The van der Waals surface area contributed by atoms with Crippen LogP contribution < -0.4 is 10.6 Å². The molecule has 3 amide bonds. The topological polar surface area (TPSA) is 108 Å². The van der Waals surface area contributed by atoms with Crippen molar-refractivity contribution in [3.05, 3.63) is 70.8 Å². The van der Waals surface area contributed by atoms with E-state index in [2.05, 4.69) is 10.6 Å². The summed E-state index contributed by atoms with van der Waals surface area (Å²) >= 11 is 0. The van der Waals surface area contributed by atoms with Gasteiger partial charge >= 0.3 is 6.09 Å². The average Bonchev–Trinajstić information content (AvgIpc) is 2.79. The van der Waals surface area contributed by atoms with Gasteiger partial charge in [0.05, 0.1) is 6.61 Å². The molecule has 37 heavy (non-hydrogen) atoms. The highest BCUT2D eigenvalue weighted by atomic mass is 16.6. The highest BCUT2D eigenvalue weighted by Crippen LogP contribution is 2.31. The summed E-state index contributed by atoms with van der Waals surface area (Å²) in [6.45, 7) is 14.1. The summed E-state index contributed by atoms with van der Waals surface area (Å²) in [6, 6.07) is 12.8. The lowest BCUT2D eigenvalue weighted by molar-refractivity contribution is -0.149. The molecule has 0 saturated carbocycles. The fourth-order valence-corrected chi connectivity index (χ4v) is 3.88. The van der Waals surface area contributed by atoms with Crippen molar-refractivity contribution >= 4 is 17.9 Å². The molecular formula is C29H41N3O5. The molecule has 8 heteroatoms. The molecule has 2 aromatic carbocycles. The Hall–Kier alpha value is -3.39. The number of nitrogens with one attached hydrogen (secondary N) is 2. The lowest BCUT2D eigenvalue weighted by Crippen LogP contribution is -2.59. The molecular weight excluding hydrogens is 470 g/mol. The first-order valence-corrected chi connectivity index (χ1v) is 12.5. The van der Waals surface area contributed by atoms with Gasteiger partial charge in [-0.1, -0.05) is 48.5 Å². The van der Waals surface area contributed by atoms with Crippen LogP contribution in [0.25, 0.3) is 0 Å². The molecule has 0 aliphatic rings. The first kappa shape index (κ1) is 29.8. The highest BCUT2D eigenvalue weighted by molar-refractivity contribution is 5.92. The van der Waals surface area contributed by atoms with Gasteiger partial charge in [-0.05, 0) is 77.6 Å². The standard InChI is InChI=1S/C29H41N3O5/c1-19-14-15-22(16-20(19)2)24(25(34)30-17-21-12-10-9-11-13-21)32(28(3,4)5)26(35)23(18-33)31-27(36)37-29(6,7)8/h9-16,23-24,33H,17-18H2,1-8H3,(H,30,34)(H,31,36). The third-order valence-corrected chi connectivity index (χ3v) is 5.79. The second kappa shape index (κ2) is 12.2. The van der Waals surface area contributed by atoms with Gasteiger partial charge in [0, 0.05) is 12.1 Å². The van der Waals surface area contributed by atoms with Gasteiger partial charge in [0.2, 0.25) is 11.8 Å². The highest BCUT2D eigenvalue weighted by Gasteiger charge is 2.41. The largest absolute Gasteiger partial charge is 0.444 e. The Morgan fingerprint density at radius 2 is 1.57 bits per heavy atom. The van der Waals surface area contributed by atoms with Crippen LogP contribution in [0.2, 0.25) is 0 Å². The lowest BCUT2D eigenvalue weighted by atomic mass is 9.93. The van der Waals surface area contributed by atoms with Gasteiger partial charge in [-0.2, -0.15) is 0 Å². The zero-order chi connectivity index (χ0) is 28.0. The molecule has 2 atom stereocenters. The minimum absolute atomic E-state index is 0.285. The first-order chi connectivity index (χ1) is 17.1. The maximum absolute atomic E-state index is 13.9. The molecule has 2 unspecified atom stereocenters. The van der Waals surface area contributed by atoms with E-state index < -0.39 is 41.8 Å². The minimum Gasteiger partial charge on any atom is -0.444 e. The predicted molar refractivity (Wildman–Crippen MR) is 144 cm³/mol. The van der Waals surface area contributed by atoms with Crippen LogP contribution in [-0.4, -0.2) is 51.7 Å². The number of rotatable bonds is 8. The number of aryl methyl sites for hydroxylation is 2. The predicted octanol–water partition coefficient (Wildman–Crippen LogP) is 4.17. The molecule has 2 rings (SSSR count). The maximum atomic E-state index is 13.9. The van der Waals surface area contributed by atoms with Crippen molar-refractivity contribution in [1.29, 1.82) is 0 Å². The SMILES string of the molecule is Cc1ccc(C(C(=O)NCc2ccccc2)N(C(=O)C(CO)NC(=O)OC(C)(C)C)C(C)(C)C)cc1C. The molecule has 0 aromatic heterocycles. The Kier molecular flexibility index (Phi) is 9.87. The molecule has 0 bridgehead atoms. The second-order valence-corrected chi connectivity index (χ2v) is 11.2. The number of nitrogens with zero attached hydrogens (tertiary/aromatic N) is 1. The van der Waals surface area contributed by atoms with Crippen molar-refractivity contribution in [1.82, 2.24) is 15.5 Å². The summed E-state index contributed by atoms with van der Waals surface area (Å²) in [5.41, 5.74) is 1.96. The van der Waals surface area contributed by atoms with Gasteiger partial charge in [0.15, 0.2) is 0 Å². The van der Waals surface area contributed by atoms with Crippen molar-refractivity contribution < 1.29 is 24.2 Å². The molecule has 0 saturated heterocycles. The van der Waals surface area contributed by atoms with E-state index in [4.69, 9.17) is 4.74 Å². The molecule has 0 heterocycles. The summed E-state index contributed by atoms with van der Waals surface area (Å²) in [6.07, 6.45) is -0.829. The van der Waals surface area contributed by atoms with E-state index in [-0.39, 0.29) is 12.5 Å². The number of aliphatic hydroxyl groups is 1. The van der Waals surface area contributed by atoms with Gasteiger partial charge in [0.1, 0.15) is 17.7 Å². The Morgan fingerprint density at radius 1 is 0.946 bits per heavy atom. The third-order valence-electron chi connectivity index (χ3n) is 5.79. The van der Waals surface area contributed by atoms with Gasteiger partial charge in [-0.15, -0.1) is 0 Å². The summed E-state index contributed by atoms with van der Waals surface area (Å²) in [5.74, 6) is -0.969. The number of alkyl carbamates (subject to hydrolysis) is 1. The molecule has 0 radical (unpaired) electrons. The van der Waals surface area contributed by atoms with Gasteiger partial charge in [0.25, 0.3) is 0 Å². The number of carbonyl (C=O) groups is 3. The molecule has 0 spiro atoms. The molecule has 0 fully saturated rings. The van der Waals surface area contributed by atoms with Crippen molar-refractivity contribution in [2.75, 3.05) is 6.61 Å². The Labute approximate surface area is 220 Å². The minimum atomic E-state index is -1.30. The van der Waals surface area contributed by atoms with Crippen molar-refractivity contribution in [3.8, 4) is 0 Å². The summed E-state index contributed by atoms with van der Waals surface area (Å²) in [5, 5.41) is 15.5. The number of carbonyl (C=O) groups excluding carboxylic acids is 3. The average molecular weight is 512 g/mol. The van der Waals surface area contributed by atoms with E-state index in [1.165, 1.54) is 4.90 Å². The maximum Gasteiger partial charge on any atom is 0.408 e. The monoisotopic (exact) mass is 511 g/mol. The zero-order valence-corrected chi connectivity index (χ0v) is 23.2. The van der Waals surface area contributed by atoms with Crippen molar-refractivity contribution in [3.63, 3.8) is 0 Å². The van der Waals surface area contributed by atoms with Gasteiger partial charge in [-0.25, -0.2) is 4.79 Å². The van der Waals surface area contributed by atoms with Crippen LogP contribution in [-0.2, 0) is 20.9 Å². The molecule has 3 N–H and O–H groups in total. The number of hydrogen-bond donors (Lipinski definition) is 3. The second-order valence-electron chi connectivity index (χ2n) is 11.2. The van der Waals surface area contributed by atoms with Crippen LogP contribution in [0.15, 0.2) is 48.5 Å². The van der Waals surface area contributed by atoms with Crippen LogP contribution >= 0.6 is 0 Å². The fourth-order valence-electron chi connectivity index (χ4n) is 3.88. The molecule has 0 aliphatic heterocycles. The number of hydrogen-bond acceptors (Lipinski definition) is 5. The van der Waals surface area contributed by atoms with Crippen molar-refractivity contribution in [2.45, 2.75) is 85.2 Å². The number of benzene rings is 2. The van der Waals surface area contributed by atoms with Crippen LogP contribution in [0.1, 0.15) is 69.8 Å². The number of ether oxygens (including phenoxy) is 1. The summed E-state index contributed by atoms with van der Waals surface area (Å²) in [7, 11) is 0. The van der Waals surface area contributed by atoms with E-state index in [1.807, 2.05) is 83.1 Å². The van der Waals surface area contributed by atoms with Crippen LogP contribution in [0.3, 0.4) is 0 Å². The first-order valence-electron chi connectivity index (χ1n) is 12.5. The van der Waals surface area contributed by atoms with E-state index in [9.17, 15) is 19.5 Å². The molecule has 202 valence electrons. The number of amides is 3. The number of aliphatic hydroxyl groups excluding tert-OH is 1. The van der Waals surface area contributed by atoms with Crippen LogP contribution in [0, 0.1) is 13.8 Å². The van der Waals surface area contributed by atoms with E-state index in [0.717, 1.165) is 16.7 Å². The van der Waals surface area contributed by atoms with Gasteiger partial charge in [-0.3, -0.25) is 9.59 Å². The molecule has 2 aromatic rings. The van der Waals surface area contributed by atoms with Gasteiger partial charge < -0.3 is 25.4 Å². The van der Waals surface area contributed by atoms with E-state index in [1.54, 1.807) is 20.8 Å². The normalized spacial score (nSPS) is 13.3. The smallest absolute Gasteiger partial charge is 0.408 e. The summed E-state index contributed by atoms with van der Waals surface area (Å²) in [4.78, 5) is 41.5. The zero-order valence-electron chi connectivity index (χ0n) is 23.2. The Balaban J connectivity index is 2.49. The third kappa shape index (κ3) is 8.60.